The summed E-state index contributed by atoms with van der Waals surface area (Å²) in [5.41, 5.74) is 0.923. The SMILES string of the molecule is CN(C)C.[B]C(=O)N[C@@H](Cc1ccccc1)C(=O)OC. The Bertz CT molecular complexity index is 407. The lowest BCUT2D eigenvalue weighted by atomic mass is 10.0. The number of hydrogen-bond donors (Lipinski definition) is 1. The van der Waals surface area contributed by atoms with E-state index in [-0.39, 0.29) is 0 Å². The second-order valence-corrected chi connectivity index (χ2v) is 4.62. The molecule has 20 heavy (non-hydrogen) atoms. The smallest absolute Gasteiger partial charge is 0.328 e. The zero-order valence-electron chi connectivity index (χ0n) is 12.4. The molecule has 0 saturated carbocycles. The van der Waals surface area contributed by atoms with Gasteiger partial charge in [-0.3, -0.25) is 4.79 Å². The van der Waals surface area contributed by atoms with Crippen molar-refractivity contribution in [3.8, 4) is 0 Å². The molecule has 1 aromatic rings. The summed E-state index contributed by atoms with van der Waals surface area (Å²) >= 11 is 0. The Balaban J connectivity index is 0.000000796. The van der Waals surface area contributed by atoms with Crippen molar-refractivity contribution in [3.63, 3.8) is 0 Å². The van der Waals surface area contributed by atoms with Crippen LogP contribution in [-0.2, 0) is 16.0 Å². The van der Waals surface area contributed by atoms with Crippen molar-refractivity contribution in [2.24, 2.45) is 0 Å². The molecule has 0 saturated heterocycles. The molecule has 1 rings (SSSR count). The van der Waals surface area contributed by atoms with Crippen LogP contribution in [0.25, 0.3) is 0 Å². The lowest BCUT2D eigenvalue weighted by Gasteiger charge is -2.15. The molecule has 6 heteroatoms. The molecule has 0 aromatic heterocycles. The van der Waals surface area contributed by atoms with Crippen molar-refractivity contribution in [1.82, 2.24) is 10.2 Å². The van der Waals surface area contributed by atoms with Crippen molar-refractivity contribution in [1.29, 1.82) is 0 Å². The summed E-state index contributed by atoms with van der Waals surface area (Å²) in [5, 5.41) is 2.34. The molecule has 0 heterocycles. The number of carbonyl (C=O) groups excluding carboxylic acids is 2. The molecule has 5 nitrogen and oxygen atoms in total. The molecule has 1 atom stereocenters. The molecule has 1 amide bonds. The maximum absolute atomic E-state index is 11.4. The minimum absolute atomic E-state index is 0.358. The molecule has 0 fully saturated rings. The van der Waals surface area contributed by atoms with E-state index in [4.69, 9.17) is 7.85 Å². The first-order valence-electron chi connectivity index (χ1n) is 6.15. The maximum Gasteiger partial charge on any atom is 0.328 e. The van der Waals surface area contributed by atoms with Crippen LogP contribution in [0.3, 0.4) is 0 Å². The van der Waals surface area contributed by atoms with Crippen LogP contribution >= 0.6 is 0 Å². The fraction of sp³-hybridized carbons (Fsp3) is 0.429. The zero-order chi connectivity index (χ0) is 15.5. The number of ether oxygens (including phenoxy) is 1. The summed E-state index contributed by atoms with van der Waals surface area (Å²) in [6.07, 6.45) is 0.358. The van der Waals surface area contributed by atoms with E-state index in [1.54, 1.807) is 0 Å². The van der Waals surface area contributed by atoms with E-state index in [9.17, 15) is 9.59 Å². The van der Waals surface area contributed by atoms with Crippen LogP contribution in [0, 0.1) is 0 Å². The maximum atomic E-state index is 11.4. The summed E-state index contributed by atoms with van der Waals surface area (Å²) in [5.74, 6) is -1.26. The number of benzene rings is 1. The molecule has 1 N–H and O–H groups in total. The van der Waals surface area contributed by atoms with Crippen LogP contribution in [0.2, 0.25) is 0 Å². The largest absolute Gasteiger partial charge is 0.467 e. The first kappa shape index (κ1) is 18.2. The van der Waals surface area contributed by atoms with Gasteiger partial charge in [0, 0.05) is 6.42 Å². The summed E-state index contributed by atoms with van der Waals surface area (Å²) in [7, 11) is 12.2. The van der Waals surface area contributed by atoms with E-state index < -0.39 is 17.8 Å². The lowest BCUT2D eigenvalue weighted by molar-refractivity contribution is -0.142. The van der Waals surface area contributed by atoms with E-state index >= 15 is 0 Å². The van der Waals surface area contributed by atoms with Gasteiger partial charge in [-0.15, -0.1) is 0 Å². The van der Waals surface area contributed by atoms with Crippen molar-refractivity contribution in [3.05, 3.63) is 35.9 Å². The molecule has 0 bridgehead atoms. The van der Waals surface area contributed by atoms with Gasteiger partial charge in [0.25, 0.3) is 0 Å². The Kier molecular flexibility index (Phi) is 9.12. The highest BCUT2D eigenvalue weighted by atomic mass is 16.5. The Labute approximate surface area is 121 Å². The predicted octanol–water partition coefficient (Wildman–Crippen LogP) is 0.827. The average molecular weight is 276 g/mol. The number of rotatable bonds is 4. The number of methoxy groups -OCH3 is 1. The van der Waals surface area contributed by atoms with Gasteiger partial charge in [-0.1, -0.05) is 30.3 Å². The Hall–Kier alpha value is -1.82. The van der Waals surface area contributed by atoms with Gasteiger partial charge < -0.3 is 15.0 Å². The predicted molar refractivity (Wildman–Crippen MR) is 79.8 cm³/mol. The van der Waals surface area contributed by atoms with Crippen LogP contribution < -0.4 is 5.32 Å². The molecule has 0 spiro atoms. The van der Waals surface area contributed by atoms with E-state index in [0.717, 1.165) is 5.56 Å². The number of carbonyl (C=O) groups is 2. The van der Waals surface area contributed by atoms with E-state index in [1.807, 2.05) is 56.4 Å². The van der Waals surface area contributed by atoms with Gasteiger partial charge in [0.15, 0.2) is 5.81 Å². The molecule has 0 aliphatic rings. The molecule has 108 valence electrons. The quantitative estimate of drug-likeness (QED) is 0.653. The van der Waals surface area contributed by atoms with Gasteiger partial charge in [0.1, 0.15) is 6.04 Å². The molecule has 2 radical (unpaired) electrons. The number of hydrogen-bond acceptors (Lipinski definition) is 4. The van der Waals surface area contributed by atoms with Gasteiger partial charge in [-0.25, -0.2) is 4.79 Å². The third-order valence-corrected chi connectivity index (χ3v) is 2.08. The minimum atomic E-state index is -0.745. The number of nitrogens with one attached hydrogen (secondary N) is 1. The van der Waals surface area contributed by atoms with Crippen LogP contribution in [0.15, 0.2) is 30.3 Å². The zero-order valence-corrected chi connectivity index (χ0v) is 12.4. The summed E-state index contributed by atoms with van der Waals surface area (Å²) in [6.45, 7) is 0. The third kappa shape index (κ3) is 9.16. The topological polar surface area (TPSA) is 58.6 Å². The first-order chi connectivity index (χ1) is 9.36. The lowest BCUT2D eigenvalue weighted by Crippen LogP contribution is -2.42. The first-order valence-corrected chi connectivity index (χ1v) is 6.15. The van der Waals surface area contributed by atoms with Crippen LogP contribution in [0.5, 0.6) is 0 Å². The highest BCUT2D eigenvalue weighted by molar-refractivity contribution is 6.57. The second-order valence-electron chi connectivity index (χ2n) is 4.62. The molecule has 1 aromatic carbocycles. The molecular weight excluding hydrogens is 255 g/mol. The average Bonchev–Trinajstić information content (AvgIpc) is 2.37. The fourth-order valence-electron chi connectivity index (χ4n) is 1.36. The normalized spacial score (nSPS) is 11.1. The monoisotopic (exact) mass is 276 g/mol. The van der Waals surface area contributed by atoms with Gasteiger partial charge >= 0.3 is 5.97 Å². The van der Waals surface area contributed by atoms with Gasteiger partial charge in [0.05, 0.1) is 7.11 Å². The number of amides is 1. The molecule has 0 aliphatic carbocycles. The van der Waals surface area contributed by atoms with Crippen molar-refractivity contribution >= 4 is 19.6 Å². The number of nitrogens with zero attached hydrogens (tertiary/aromatic N) is 1. The standard InChI is InChI=1S/C11H12BNO3.C3H9N/c1-16-10(14)9(13-11(12)15)7-8-5-3-2-4-6-8;1-4(2)3/h2-6,9H,7H2,1H3,(H,13,15);1-3H3/t9-;/m0./s1. The molecule has 0 unspecified atom stereocenters. The second kappa shape index (κ2) is 10.0. The highest BCUT2D eigenvalue weighted by Crippen LogP contribution is 2.04. The van der Waals surface area contributed by atoms with Crippen LogP contribution in [0.4, 0.5) is 4.79 Å². The Morgan fingerprint density at radius 1 is 1.25 bits per heavy atom. The van der Waals surface area contributed by atoms with E-state index in [1.165, 1.54) is 7.11 Å². The van der Waals surface area contributed by atoms with Crippen molar-refractivity contribution < 1.29 is 14.3 Å². The molecular formula is C14H21BN2O3. The third-order valence-electron chi connectivity index (χ3n) is 2.08. The minimum Gasteiger partial charge on any atom is -0.467 e. The van der Waals surface area contributed by atoms with Gasteiger partial charge in [-0.2, -0.15) is 0 Å². The van der Waals surface area contributed by atoms with Crippen molar-refractivity contribution in [2.75, 3.05) is 28.3 Å². The summed E-state index contributed by atoms with van der Waals surface area (Å²) in [6, 6.07) is 8.56. The van der Waals surface area contributed by atoms with E-state index in [0.29, 0.717) is 6.42 Å². The van der Waals surface area contributed by atoms with Crippen molar-refractivity contribution in [2.45, 2.75) is 12.5 Å². The molecule has 0 aliphatic heterocycles. The Morgan fingerprint density at radius 2 is 1.75 bits per heavy atom. The van der Waals surface area contributed by atoms with Crippen LogP contribution in [-0.4, -0.2) is 58.8 Å². The summed E-state index contributed by atoms with van der Waals surface area (Å²) < 4.78 is 4.58. The number of esters is 1. The Morgan fingerprint density at radius 3 is 2.15 bits per heavy atom. The highest BCUT2D eigenvalue weighted by Gasteiger charge is 2.19. The van der Waals surface area contributed by atoms with Gasteiger partial charge in [-0.05, 0) is 26.7 Å². The summed E-state index contributed by atoms with van der Waals surface area (Å²) in [4.78, 5) is 24.1. The van der Waals surface area contributed by atoms with E-state index in [2.05, 4.69) is 10.1 Å². The fourth-order valence-corrected chi connectivity index (χ4v) is 1.36. The van der Waals surface area contributed by atoms with Gasteiger partial charge in [0.2, 0.25) is 7.85 Å². The van der Waals surface area contributed by atoms with Crippen LogP contribution in [0.1, 0.15) is 5.56 Å².